The first-order valence-electron chi connectivity index (χ1n) is 9.65. The summed E-state index contributed by atoms with van der Waals surface area (Å²) in [6, 6.07) is 8.14. The monoisotopic (exact) mass is 492 g/mol. The Balaban J connectivity index is 1.81. The first-order chi connectivity index (χ1) is 15.4. The molecule has 0 fully saturated rings. The average Bonchev–Trinajstić information content (AvgIpc) is 3.39. The third-order valence-electron chi connectivity index (χ3n) is 4.17. The maximum atomic E-state index is 13.1. The Morgan fingerprint density at radius 2 is 2.16 bits per heavy atom. The van der Waals surface area contributed by atoms with Crippen LogP contribution in [0.2, 0.25) is 5.02 Å². The zero-order chi connectivity index (χ0) is 23.1. The van der Waals surface area contributed by atoms with E-state index in [1.165, 1.54) is 23.3 Å². The van der Waals surface area contributed by atoms with E-state index in [1.807, 2.05) is 24.4 Å². The fourth-order valence-corrected chi connectivity index (χ4v) is 4.41. The fraction of sp³-hybridized carbons (Fsp3) is 0.238. The molecule has 0 unspecified atom stereocenters. The van der Waals surface area contributed by atoms with Crippen LogP contribution in [0.15, 0.2) is 46.4 Å². The Morgan fingerprint density at radius 1 is 1.34 bits per heavy atom. The number of amides is 4. The predicted molar refractivity (Wildman–Crippen MR) is 130 cm³/mol. The summed E-state index contributed by atoms with van der Waals surface area (Å²) in [6.45, 7) is 2.38. The number of anilines is 1. The van der Waals surface area contributed by atoms with Crippen molar-refractivity contribution in [2.75, 3.05) is 24.3 Å². The minimum Gasteiger partial charge on any atom is -0.495 e. The van der Waals surface area contributed by atoms with Crippen LogP contribution in [0.5, 0.6) is 5.75 Å². The van der Waals surface area contributed by atoms with Gasteiger partial charge in [0, 0.05) is 11.4 Å². The number of imide groups is 1. The molecule has 2 heterocycles. The van der Waals surface area contributed by atoms with Crippen LogP contribution >= 0.6 is 34.7 Å². The molecule has 1 aromatic carbocycles. The van der Waals surface area contributed by atoms with Crippen LogP contribution in [-0.2, 0) is 9.59 Å². The number of amidine groups is 1. The maximum Gasteiger partial charge on any atom is 0.321 e. The van der Waals surface area contributed by atoms with Gasteiger partial charge in [-0.15, -0.1) is 11.3 Å². The van der Waals surface area contributed by atoms with Crippen molar-refractivity contribution in [1.29, 1.82) is 0 Å². The van der Waals surface area contributed by atoms with Gasteiger partial charge in [-0.05, 0) is 42.1 Å². The van der Waals surface area contributed by atoms with E-state index < -0.39 is 11.9 Å². The molecule has 32 heavy (non-hydrogen) atoms. The van der Waals surface area contributed by atoms with Gasteiger partial charge < -0.3 is 10.1 Å². The van der Waals surface area contributed by atoms with Gasteiger partial charge in [-0.2, -0.15) is 0 Å². The molecule has 0 aliphatic carbocycles. The van der Waals surface area contributed by atoms with E-state index in [-0.39, 0.29) is 17.4 Å². The summed E-state index contributed by atoms with van der Waals surface area (Å²) in [4.78, 5) is 43.7. The van der Waals surface area contributed by atoms with E-state index in [0.29, 0.717) is 28.2 Å². The molecule has 1 aromatic heterocycles. The van der Waals surface area contributed by atoms with Crippen LogP contribution in [-0.4, -0.2) is 42.4 Å². The molecular formula is C21H21ClN4O4S2. The van der Waals surface area contributed by atoms with Gasteiger partial charge in [-0.3, -0.25) is 19.8 Å². The predicted octanol–water partition coefficient (Wildman–Crippen LogP) is 4.12. The van der Waals surface area contributed by atoms with Crippen LogP contribution in [0.3, 0.4) is 0 Å². The second kappa shape index (κ2) is 11.2. The lowest BCUT2D eigenvalue weighted by atomic mass is 10.2. The normalized spacial score (nSPS) is 14.5. The van der Waals surface area contributed by atoms with Gasteiger partial charge in [0.15, 0.2) is 5.17 Å². The highest BCUT2D eigenvalue weighted by atomic mass is 35.5. The lowest BCUT2D eigenvalue weighted by Crippen LogP contribution is -2.41. The second-order valence-corrected chi connectivity index (χ2v) is 8.82. The fourth-order valence-electron chi connectivity index (χ4n) is 2.70. The van der Waals surface area contributed by atoms with Crippen LogP contribution < -0.4 is 20.3 Å². The standard InChI is InChI=1S/C21H21ClN4O4S2/c1-3-8-23-20(29)25-18(27)12-32-21-24-16(11-14-5-4-9-31-14)19(28)26(21)13-6-7-17(30-2)15(22)10-13/h4-7,9-11H,3,8,12H2,1-2H3,(H2,23,25,27,29). The number of ether oxygens (including phenoxy) is 1. The van der Waals surface area contributed by atoms with Gasteiger partial charge in [-0.25, -0.2) is 9.79 Å². The first-order valence-corrected chi connectivity index (χ1v) is 11.9. The van der Waals surface area contributed by atoms with Crippen molar-refractivity contribution in [2.24, 2.45) is 4.99 Å². The van der Waals surface area contributed by atoms with Crippen molar-refractivity contribution in [3.05, 3.63) is 51.3 Å². The van der Waals surface area contributed by atoms with Gasteiger partial charge in [-0.1, -0.05) is 36.4 Å². The highest BCUT2D eigenvalue weighted by Crippen LogP contribution is 2.34. The number of hydrogen-bond acceptors (Lipinski definition) is 7. The molecule has 8 nitrogen and oxygen atoms in total. The Bertz CT molecular complexity index is 1070. The van der Waals surface area contributed by atoms with Gasteiger partial charge in [0.1, 0.15) is 11.4 Å². The van der Waals surface area contributed by atoms with E-state index in [9.17, 15) is 14.4 Å². The number of urea groups is 1. The van der Waals surface area contributed by atoms with Crippen LogP contribution in [0.4, 0.5) is 10.5 Å². The van der Waals surface area contributed by atoms with Crippen LogP contribution in [0, 0.1) is 0 Å². The van der Waals surface area contributed by atoms with Gasteiger partial charge >= 0.3 is 6.03 Å². The third-order valence-corrected chi connectivity index (χ3v) is 6.22. The number of thiophene rings is 1. The smallest absolute Gasteiger partial charge is 0.321 e. The van der Waals surface area contributed by atoms with E-state index in [0.717, 1.165) is 23.1 Å². The second-order valence-electron chi connectivity index (χ2n) is 6.49. The molecule has 0 bridgehead atoms. The van der Waals surface area contributed by atoms with Crippen molar-refractivity contribution in [2.45, 2.75) is 13.3 Å². The third kappa shape index (κ3) is 5.90. The van der Waals surface area contributed by atoms with Gasteiger partial charge in [0.25, 0.3) is 5.91 Å². The van der Waals surface area contributed by atoms with E-state index in [4.69, 9.17) is 16.3 Å². The SMILES string of the molecule is CCCNC(=O)NC(=O)CSC1=NC(=Cc2cccs2)C(=O)N1c1ccc(OC)c(Cl)c1. The molecule has 1 aliphatic rings. The summed E-state index contributed by atoms with van der Waals surface area (Å²) in [7, 11) is 1.50. The lowest BCUT2D eigenvalue weighted by molar-refractivity contribution is -0.117. The molecule has 1 aliphatic heterocycles. The number of rotatable bonds is 7. The molecule has 168 valence electrons. The number of carbonyl (C=O) groups is 3. The number of aliphatic imine (C=N–C) groups is 1. The highest BCUT2D eigenvalue weighted by molar-refractivity contribution is 8.14. The summed E-state index contributed by atoms with van der Waals surface area (Å²) >= 11 is 8.78. The minimum atomic E-state index is -0.557. The molecule has 2 aromatic rings. The zero-order valence-corrected chi connectivity index (χ0v) is 19.8. The molecule has 0 saturated carbocycles. The molecule has 4 amide bonds. The number of benzene rings is 1. The minimum absolute atomic E-state index is 0.0989. The molecule has 11 heteroatoms. The Hall–Kier alpha value is -2.82. The summed E-state index contributed by atoms with van der Waals surface area (Å²) in [5.74, 6) is -0.469. The number of nitrogens with zero attached hydrogens (tertiary/aromatic N) is 2. The average molecular weight is 493 g/mol. The number of methoxy groups -OCH3 is 1. The molecule has 0 radical (unpaired) electrons. The molecule has 3 rings (SSSR count). The molecular weight excluding hydrogens is 472 g/mol. The number of thioether (sulfide) groups is 1. The summed E-state index contributed by atoms with van der Waals surface area (Å²) in [6.07, 6.45) is 2.45. The van der Waals surface area contributed by atoms with E-state index >= 15 is 0 Å². The molecule has 0 saturated heterocycles. The Labute approximate surface area is 198 Å². The highest BCUT2D eigenvalue weighted by Gasteiger charge is 2.33. The first kappa shape index (κ1) is 23.8. The van der Waals surface area contributed by atoms with E-state index in [1.54, 1.807) is 24.3 Å². The summed E-state index contributed by atoms with van der Waals surface area (Å²) in [5.41, 5.74) is 0.728. The van der Waals surface area contributed by atoms with Crippen molar-refractivity contribution < 1.29 is 19.1 Å². The quantitative estimate of drug-likeness (QED) is 0.566. The van der Waals surface area contributed by atoms with Crippen molar-refractivity contribution >= 4 is 69.5 Å². The van der Waals surface area contributed by atoms with Gasteiger partial charge in [0.05, 0.1) is 23.6 Å². The summed E-state index contributed by atoms with van der Waals surface area (Å²) in [5, 5.41) is 7.38. The van der Waals surface area contributed by atoms with Crippen molar-refractivity contribution in [1.82, 2.24) is 10.6 Å². The molecule has 0 atom stereocenters. The topological polar surface area (TPSA) is 100 Å². The van der Waals surface area contributed by atoms with Crippen molar-refractivity contribution in [3.8, 4) is 5.75 Å². The van der Waals surface area contributed by atoms with Gasteiger partial charge in [0.2, 0.25) is 5.91 Å². The molecule has 0 spiro atoms. The van der Waals surface area contributed by atoms with Crippen molar-refractivity contribution in [3.63, 3.8) is 0 Å². The Kier molecular flexibility index (Phi) is 8.32. The number of halogens is 1. The lowest BCUT2D eigenvalue weighted by Gasteiger charge is -2.18. The van der Waals surface area contributed by atoms with E-state index in [2.05, 4.69) is 15.6 Å². The largest absolute Gasteiger partial charge is 0.495 e. The maximum absolute atomic E-state index is 13.1. The Morgan fingerprint density at radius 3 is 2.81 bits per heavy atom. The number of carbonyl (C=O) groups excluding carboxylic acids is 3. The van der Waals surface area contributed by atoms with Crippen LogP contribution in [0.1, 0.15) is 18.2 Å². The number of hydrogen-bond donors (Lipinski definition) is 2. The number of nitrogens with one attached hydrogen (secondary N) is 2. The zero-order valence-electron chi connectivity index (χ0n) is 17.4. The summed E-state index contributed by atoms with van der Waals surface area (Å²) < 4.78 is 5.18. The van der Waals surface area contributed by atoms with Crippen LogP contribution in [0.25, 0.3) is 6.08 Å². The molecule has 2 N–H and O–H groups in total.